The van der Waals surface area contributed by atoms with Crippen molar-refractivity contribution in [2.75, 3.05) is 6.54 Å². The zero-order valence-corrected chi connectivity index (χ0v) is 4.48. The minimum atomic E-state index is 0.991. The molecule has 0 heterocycles. The Kier molecular flexibility index (Phi) is 1.65. The first kappa shape index (κ1) is 5.06. The second-order valence-corrected chi connectivity index (χ2v) is 2.19. The highest BCUT2D eigenvalue weighted by Crippen LogP contribution is 2.31. The molecule has 0 atom stereocenters. The van der Waals surface area contributed by atoms with Gasteiger partial charge in [-0.3, -0.25) is 11.3 Å². The van der Waals surface area contributed by atoms with Gasteiger partial charge in [-0.2, -0.15) is 0 Å². The summed E-state index contributed by atoms with van der Waals surface area (Å²) < 4.78 is 0. The number of hydrazine groups is 1. The largest absolute Gasteiger partial charge is 0.271 e. The van der Waals surface area contributed by atoms with Crippen LogP contribution in [0.1, 0.15) is 19.3 Å². The molecule has 0 aromatic rings. The first-order valence-electron chi connectivity index (χ1n) is 2.87. The molecule has 7 heavy (non-hydrogen) atoms. The molecule has 1 saturated carbocycles. The predicted octanol–water partition coefficient (Wildman–Crippen LogP) is 0.250. The maximum absolute atomic E-state index is 5.05. The monoisotopic (exact) mass is 100 g/mol. The molecule has 1 aliphatic carbocycles. The van der Waals surface area contributed by atoms with Crippen molar-refractivity contribution in [1.29, 1.82) is 0 Å². The fourth-order valence-corrected chi connectivity index (χ4v) is 0.694. The van der Waals surface area contributed by atoms with Crippen molar-refractivity contribution < 1.29 is 0 Å². The van der Waals surface area contributed by atoms with Crippen LogP contribution in [0.4, 0.5) is 0 Å². The lowest BCUT2D eigenvalue weighted by atomic mass is 10.3. The van der Waals surface area contributed by atoms with E-state index in [0.29, 0.717) is 0 Å². The normalized spacial score (nSPS) is 20.1. The number of hydrogen-bond donors (Lipinski definition) is 2. The van der Waals surface area contributed by atoms with Gasteiger partial charge in [0.05, 0.1) is 0 Å². The van der Waals surface area contributed by atoms with Gasteiger partial charge >= 0.3 is 0 Å². The van der Waals surface area contributed by atoms with E-state index in [-0.39, 0.29) is 0 Å². The van der Waals surface area contributed by atoms with Gasteiger partial charge in [0.1, 0.15) is 0 Å². The Hall–Kier alpha value is -0.0800. The van der Waals surface area contributed by atoms with E-state index in [2.05, 4.69) is 5.43 Å². The van der Waals surface area contributed by atoms with Gasteiger partial charge in [0, 0.05) is 6.54 Å². The molecule has 2 heteroatoms. The third kappa shape index (κ3) is 1.90. The van der Waals surface area contributed by atoms with Crippen molar-refractivity contribution in [1.82, 2.24) is 5.43 Å². The summed E-state index contributed by atoms with van der Waals surface area (Å²) in [5.41, 5.74) is 2.64. The van der Waals surface area contributed by atoms with Crippen LogP contribution in [-0.4, -0.2) is 6.54 Å². The molecule has 0 radical (unpaired) electrons. The van der Waals surface area contributed by atoms with Gasteiger partial charge in [0.25, 0.3) is 0 Å². The van der Waals surface area contributed by atoms with Crippen LogP contribution >= 0.6 is 0 Å². The van der Waals surface area contributed by atoms with E-state index in [1.165, 1.54) is 19.3 Å². The van der Waals surface area contributed by atoms with Crippen LogP contribution in [0.2, 0.25) is 0 Å². The predicted molar refractivity (Wildman–Crippen MR) is 29.5 cm³/mol. The number of nitrogens with two attached hydrogens (primary N) is 1. The molecule has 42 valence electrons. The van der Waals surface area contributed by atoms with Gasteiger partial charge in [-0.15, -0.1) is 0 Å². The van der Waals surface area contributed by atoms with Crippen molar-refractivity contribution in [3.05, 3.63) is 0 Å². The average Bonchev–Trinajstić information content (AvgIpc) is 2.42. The smallest absolute Gasteiger partial charge is 0.01000 e. The van der Waals surface area contributed by atoms with Crippen LogP contribution in [0.25, 0.3) is 0 Å². The molecule has 2 nitrogen and oxygen atoms in total. The lowest BCUT2D eigenvalue weighted by Crippen LogP contribution is -2.23. The Bertz CT molecular complexity index is 50.0. The molecule has 1 fully saturated rings. The van der Waals surface area contributed by atoms with Gasteiger partial charge < -0.3 is 0 Å². The lowest BCUT2D eigenvalue weighted by molar-refractivity contribution is 0.634. The maximum Gasteiger partial charge on any atom is 0.01000 e. The molecule has 1 rings (SSSR count). The summed E-state index contributed by atoms with van der Waals surface area (Å²) >= 11 is 0. The zero-order valence-electron chi connectivity index (χ0n) is 4.48. The highest BCUT2D eigenvalue weighted by molar-refractivity contribution is 4.72. The third-order valence-corrected chi connectivity index (χ3v) is 1.39. The summed E-state index contributed by atoms with van der Waals surface area (Å²) in [4.78, 5) is 0. The molecule has 0 unspecified atom stereocenters. The summed E-state index contributed by atoms with van der Waals surface area (Å²) in [5, 5.41) is 0. The van der Waals surface area contributed by atoms with Crippen molar-refractivity contribution in [2.45, 2.75) is 19.3 Å². The summed E-state index contributed by atoms with van der Waals surface area (Å²) in [7, 11) is 0. The SMILES string of the molecule is NNCCC1CC1. The van der Waals surface area contributed by atoms with E-state index in [1.54, 1.807) is 0 Å². The summed E-state index contributed by atoms with van der Waals surface area (Å²) in [6.07, 6.45) is 4.14. The quantitative estimate of drug-likeness (QED) is 0.394. The summed E-state index contributed by atoms with van der Waals surface area (Å²) in [6.45, 7) is 0.991. The zero-order chi connectivity index (χ0) is 5.11. The molecule has 3 N–H and O–H groups in total. The minimum absolute atomic E-state index is 0.991. The van der Waals surface area contributed by atoms with E-state index in [9.17, 15) is 0 Å². The van der Waals surface area contributed by atoms with Gasteiger partial charge in [-0.1, -0.05) is 12.8 Å². The Morgan fingerprint density at radius 2 is 2.29 bits per heavy atom. The summed E-state index contributed by atoms with van der Waals surface area (Å²) in [6, 6.07) is 0. The van der Waals surface area contributed by atoms with Crippen LogP contribution < -0.4 is 11.3 Å². The Labute approximate surface area is 44.1 Å². The van der Waals surface area contributed by atoms with E-state index >= 15 is 0 Å². The highest BCUT2D eigenvalue weighted by Gasteiger charge is 2.19. The molecule has 0 aliphatic heterocycles. The Morgan fingerprint density at radius 1 is 1.57 bits per heavy atom. The van der Waals surface area contributed by atoms with Gasteiger partial charge in [-0.25, -0.2) is 0 Å². The van der Waals surface area contributed by atoms with Crippen molar-refractivity contribution >= 4 is 0 Å². The molecule has 0 saturated heterocycles. The Balaban J connectivity index is 1.80. The van der Waals surface area contributed by atoms with Crippen LogP contribution in [0.15, 0.2) is 0 Å². The number of nitrogens with one attached hydrogen (secondary N) is 1. The van der Waals surface area contributed by atoms with E-state index in [1.807, 2.05) is 0 Å². The Morgan fingerprint density at radius 3 is 2.71 bits per heavy atom. The molecule has 0 aromatic heterocycles. The van der Waals surface area contributed by atoms with Crippen LogP contribution in [0, 0.1) is 5.92 Å². The van der Waals surface area contributed by atoms with Crippen molar-refractivity contribution in [2.24, 2.45) is 11.8 Å². The van der Waals surface area contributed by atoms with Crippen molar-refractivity contribution in [3.63, 3.8) is 0 Å². The van der Waals surface area contributed by atoms with E-state index < -0.39 is 0 Å². The molecule has 0 amide bonds. The molecule has 0 aromatic carbocycles. The second kappa shape index (κ2) is 2.28. The second-order valence-electron chi connectivity index (χ2n) is 2.19. The van der Waals surface area contributed by atoms with Gasteiger partial charge in [-0.05, 0) is 12.3 Å². The maximum atomic E-state index is 5.05. The lowest BCUT2D eigenvalue weighted by Gasteiger charge is -1.91. The van der Waals surface area contributed by atoms with E-state index in [4.69, 9.17) is 5.84 Å². The van der Waals surface area contributed by atoms with Crippen molar-refractivity contribution in [3.8, 4) is 0 Å². The third-order valence-electron chi connectivity index (χ3n) is 1.39. The van der Waals surface area contributed by atoms with E-state index in [0.717, 1.165) is 12.5 Å². The number of rotatable bonds is 3. The fraction of sp³-hybridized carbons (Fsp3) is 1.00. The molecular formula is C5H12N2. The molecule has 1 aliphatic rings. The topological polar surface area (TPSA) is 38.0 Å². The minimum Gasteiger partial charge on any atom is -0.271 e. The van der Waals surface area contributed by atoms with Crippen LogP contribution in [-0.2, 0) is 0 Å². The van der Waals surface area contributed by atoms with Gasteiger partial charge in [0.2, 0.25) is 0 Å². The molecule has 0 bridgehead atoms. The summed E-state index contributed by atoms with van der Waals surface area (Å²) in [5.74, 6) is 6.06. The first-order valence-corrected chi connectivity index (χ1v) is 2.87. The molecule has 0 spiro atoms. The first-order chi connectivity index (χ1) is 3.43. The molecular weight excluding hydrogens is 88.1 g/mol. The van der Waals surface area contributed by atoms with Crippen LogP contribution in [0.5, 0.6) is 0 Å². The average molecular weight is 100 g/mol. The van der Waals surface area contributed by atoms with Crippen LogP contribution in [0.3, 0.4) is 0 Å². The number of hydrogen-bond acceptors (Lipinski definition) is 2. The highest BCUT2D eigenvalue weighted by atomic mass is 15.2. The fourth-order valence-electron chi connectivity index (χ4n) is 0.694. The standard InChI is InChI=1S/C5H12N2/c6-7-4-3-5-1-2-5/h5,7H,1-4,6H2. The van der Waals surface area contributed by atoms with Gasteiger partial charge in [0.15, 0.2) is 0 Å².